The van der Waals surface area contributed by atoms with Gasteiger partial charge in [0.2, 0.25) is 0 Å². The Morgan fingerprint density at radius 2 is 1.63 bits per heavy atom. The molecule has 1 aromatic carbocycles. The van der Waals surface area contributed by atoms with Crippen LogP contribution < -0.4 is 0 Å². The number of carbonyl (C=O) groups is 1. The third-order valence-electron chi connectivity index (χ3n) is 7.11. The predicted octanol–water partition coefficient (Wildman–Crippen LogP) is 6.02. The van der Waals surface area contributed by atoms with Crippen molar-refractivity contribution in [3.8, 4) is 0 Å². The molecule has 0 unspecified atom stereocenters. The third kappa shape index (κ3) is 12.2. The van der Waals surface area contributed by atoms with E-state index in [-0.39, 0.29) is 18.7 Å². The topological polar surface area (TPSA) is 62.2 Å². The Bertz CT molecular complexity index is 649. The van der Waals surface area contributed by atoms with Gasteiger partial charge in [0.05, 0.1) is 12.7 Å². The zero-order chi connectivity index (χ0) is 25.1. The highest BCUT2D eigenvalue weighted by Crippen LogP contribution is 2.26. The molecule has 6 nitrogen and oxygen atoms in total. The predicted molar refractivity (Wildman–Crippen MR) is 143 cm³/mol. The molecule has 35 heavy (non-hydrogen) atoms. The van der Waals surface area contributed by atoms with E-state index in [2.05, 4.69) is 18.7 Å². The van der Waals surface area contributed by atoms with Gasteiger partial charge in [-0.2, -0.15) is 0 Å². The summed E-state index contributed by atoms with van der Waals surface area (Å²) in [5.74, 6) is 0. The largest absolute Gasteiger partial charge is 0.445 e. The van der Waals surface area contributed by atoms with Gasteiger partial charge in [0.15, 0.2) is 0 Å². The van der Waals surface area contributed by atoms with Crippen molar-refractivity contribution >= 4 is 6.09 Å². The molecule has 1 aliphatic rings. The van der Waals surface area contributed by atoms with E-state index >= 15 is 0 Å². The fraction of sp³-hybridized carbons (Fsp3) is 0.759. The van der Waals surface area contributed by atoms with Gasteiger partial charge in [-0.3, -0.25) is 0 Å². The first kappa shape index (κ1) is 29.6. The van der Waals surface area contributed by atoms with E-state index in [4.69, 9.17) is 14.6 Å². The lowest BCUT2D eigenvalue weighted by Gasteiger charge is -2.36. The Balaban J connectivity index is 1.65. The van der Waals surface area contributed by atoms with Crippen LogP contribution in [-0.4, -0.2) is 72.5 Å². The molecule has 1 saturated carbocycles. The summed E-state index contributed by atoms with van der Waals surface area (Å²) in [6.45, 7) is 9.40. The Morgan fingerprint density at radius 1 is 0.914 bits per heavy atom. The summed E-state index contributed by atoms with van der Waals surface area (Å²) >= 11 is 0. The molecular weight excluding hydrogens is 440 g/mol. The molecule has 1 aliphatic carbocycles. The molecule has 0 spiro atoms. The highest BCUT2D eigenvalue weighted by molar-refractivity contribution is 5.68. The highest BCUT2D eigenvalue weighted by atomic mass is 16.6. The van der Waals surface area contributed by atoms with Crippen LogP contribution in [0.25, 0.3) is 0 Å². The van der Waals surface area contributed by atoms with Crippen molar-refractivity contribution < 1.29 is 19.4 Å². The van der Waals surface area contributed by atoms with Crippen molar-refractivity contribution in [1.29, 1.82) is 0 Å². The third-order valence-corrected chi connectivity index (χ3v) is 7.11. The van der Waals surface area contributed by atoms with Crippen LogP contribution in [0.5, 0.6) is 0 Å². The second-order valence-corrected chi connectivity index (χ2v) is 9.81. The fourth-order valence-electron chi connectivity index (χ4n) is 4.89. The molecule has 0 aliphatic heterocycles. The molecule has 6 heteroatoms. The summed E-state index contributed by atoms with van der Waals surface area (Å²) in [7, 11) is 0. The van der Waals surface area contributed by atoms with Crippen molar-refractivity contribution in [2.24, 2.45) is 0 Å². The molecule has 0 atom stereocenters. The summed E-state index contributed by atoms with van der Waals surface area (Å²) in [5, 5.41) is 9.07. The monoisotopic (exact) mass is 490 g/mol. The van der Waals surface area contributed by atoms with E-state index in [1.165, 1.54) is 19.3 Å². The average Bonchev–Trinajstić information content (AvgIpc) is 2.89. The number of nitrogens with zero attached hydrogens (tertiary/aromatic N) is 2. The smallest absolute Gasteiger partial charge is 0.410 e. The van der Waals surface area contributed by atoms with Gasteiger partial charge in [0, 0.05) is 25.7 Å². The Labute approximate surface area is 214 Å². The molecule has 0 bridgehead atoms. The van der Waals surface area contributed by atoms with E-state index in [1.54, 1.807) is 0 Å². The Hall–Kier alpha value is -1.63. The number of likely N-dealkylation sites (N-methyl/N-ethyl adjacent to an activating group) is 1. The van der Waals surface area contributed by atoms with Crippen LogP contribution >= 0.6 is 0 Å². The van der Waals surface area contributed by atoms with Crippen molar-refractivity contribution in [2.75, 3.05) is 39.4 Å². The van der Waals surface area contributed by atoms with Crippen molar-refractivity contribution in [3.05, 3.63) is 35.9 Å². The number of carbonyl (C=O) groups excluding carboxylic acids is 1. The van der Waals surface area contributed by atoms with E-state index < -0.39 is 0 Å². The number of benzene rings is 1. The molecule has 0 radical (unpaired) electrons. The molecular formula is C29H50N2O4. The van der Waals surface area contributed by atoms with Gasteiger partial charge in [0.25, 0.3) is 0 Å². The summed E-state index contributed by atoms with van der Waals surface area (Å²) in [5.41, 5.74) is 1.03. The Morgan fingerprint density at radius 3 is 2.31 bits per heavy atom. The minimum atomic E-state index is -0.171. The summed E-state index contributed by atoms with van der Waals surface area (Å²) in [6, 6.07) is 10.2. The van der Waals surface area contributed by atoms with E-state index in [9.17, 15) is 4.79 Å². The molecule has 1 aromatic rings. The molecule has 2 rings (SSSR count). The zero-order valence-electron chi connectivity index (χ0n) is 22.3. The normalized spacial score (nSPS) is 18.1. The van der Waals surface area contributed by atoms with Crippen LogP contribution in [0, 0.1) is 0 Å². The maximum atomic E-state index is 12.9. The van der Waals surface area contributed by atoms with Crippen LogP contribution in [0.1, 0.15) is 90.0 Å². The van der Waals surface area contributed by atoms with Crippen LogP contribution in [0.4, 0.5) is 4.79 Å². The van der Waals surface area contributed by atoms with Gasteiger partial charge in [-0.25, -0.2) is 4.79 Å². The van der Waals surface area contributed by atoms with E-state index in [1.807, 2.05) is 35.2 Å². The minimum absolute atomic E-state index is 0.171. The van der Waals surface area contributed by atoms with Crippen LogP contribution in [0.3, 0.4) is 0 Å². The van der Waals surface area contributed by atoms with Crippen molar-refractivity contribution in [2.45, 2.75) is 103 Å². The van der Waals surface area contributed by atoms with Gasteiger partial charge in [-0.15, -0.1) is 0 Å². The van der Waals surface area contributed by atoms with Crippen LogP contribution in [0.15, 0.2) is 30.3 Å². The first-order valence-electron chi connectivity index (χ1n) is 14.1. The second-order valence-electron chi connectivity index (χ2n) is 9.81. The van der Waals surface area contributed by atoms with Gasteiger partial charge >= 0.3 is 6.09 Å². The number of unbranched alkanes of at least 4 members (excludes halogenated alkanes) is 5. The molecule has 1 N–H and O–H groups in total. The second kappa shape index (κ2) is 18.6. The summed E-state index contributed by atoms with van der Waals surface area (Å²) < 4.78 is 11.9. The molecule has 200 valence electrons. The standard InChI is InChI=1S/C29H50N2O4/c1-3-5-11-21-31(29(33)35-25-26-14-9-8-10-15-26)27-16-18-28(19-17-27)34-24-13-7-6-12-20-30(4-2)22-23-32/h8-10,14-15,27-28,32H,3-7,11-13,16-25H2,1-2H3. The van der Waals surface area contributed by atoms with Crippen molar-refractivity contribution in [3.63, 3.8) is 0 Å². The van der Waals surface area contributed by atoms with Crippen molar-refractivity contribution in [1.82, 2.24) is 9.80 Å². The Kier molecular flexibility index (Phi) is 15.7. The lowest BCUT2D eigenvalue weighted by atomic mass is 9.91. The highest BCUT2D eigenvalue weighted by Gasteiger charge is 2.29. The lowest BCUT2D eigenvalue weighted by Crippen LogP contribution is -2.44. The van der Waals surface area contributed by atoms with Crippen LogP contribution in [0.2, 0.25) is 0 Å². The van der Waals surface area contributed by atoms with E-state index in [0.29, 0.717) is 12.7 Å². The maximum absolute atomic E-state index is 12.9. The van der Waals surface area contributed by atoms with Gasteiger partial charge < -0.3 is 24.4 Å². The molecule has 0 heterocycles. The number of aliphatic hydroxyl groups is 1. The lowest BCUT2D eigenvalue weighted by molar-refractivity contribution is 0.00301. The minimum Gasteiger partial charge on any atom is -0.445 e. The summed E-state index contributed by atoms with van der Waals surface area (Å²) in [6.07, 6.45) is 12.2. The number of rotatable bonds is 18. The number of hydrogen-bond acceptors (Lipinski definition) is 5. The number of ether oxygens (including phenoxy) is 2. The number of hydrogen-bond donors (Lipinski definition) is 1. The number of aliphatic hydroxyl groups excluding tert-OH is 1. The van der Waals surface area contributed by atoms with Gasteiger partial charge in [-0.1, -0.05) is 69.9 Å². The molecule has 0 saturated heterocycles. The fourth-order valence-corrected chi connectivity index (χ4v) is 4.89. The zero-order valence-corrected chi connectivity index (χ0v) is 22.3. The van der Waals surface area contributed by atoms with Gasteiger partial charge in [0.1, 0.15) is 6.61 Å². The average molecular weight is 491 g/mol. The first-order chi connectivity index (χ1) is 17.2. The molecule has 1 amide bonds. The molecule has 1 fully saturated rings. The number of amides is 1. The first-order valence-corrected chi connectivity index (χ1v) is 14.1. The quantitative estimate of drug-likeness (QED) is 0.255. The van der Waals surface area contributed by atoms with E-state index in [0.717, 1.165) is 89.7 Å². The SMILES string of the molecule is CCCCCN(C(=O)OCc1ccccc1)C1CCC(OCCCCCCN(CC)CCO)CC1. The molecule has 0 aromatic heterocycles. The van der Waals surface area contributed by atoms with Gasteiger partial charge in [-0.05, 0) is 63.6 Å². The van der Waals surface area contributed by atoms with Crippen LogP contribution in [-0.2, 0) is 16.1 Å². The summed E-state index contributed by atoms with van der Waals surface area (Å²) in [4.78, 5) is 17.2. The maximum Gasteiger partial charge on any atom is 0.410 e.